The maximum atomic E-state index is 13.2. The molecule has 0 radical (unpaired) electrons. The molecule has 0 amide bonds. The number of ketones is 1. The average molecular weight is 395 g/mol. The number of aromatic hydroxyl groups is 1. The molecule has 1 aliphatic rings. The smallest absolute Gasteiger partial charge is 0.213 e. The Bertz CT molecular complexity index is 1040. The van der Waals surface area contributed by atoms with Gasteiger partial charge in [-0.3, -0.25) is 9.78 Å². The van der Waals surface area contributed by atoms with E-state index in [2.05, 4.69) is 20.2 Å². The Morgan fingerprint density at radius 1 is 1.10 bits per heavy atom. The number of phenols is 1. The fraction of sp³-hybridized carbons (Fsp3) is 0.261. The molecule has 0 aliphatic carbocycles. The van der Waals surface area contributed by atoms with Gasteiger partial charge in [-0.05, 0) is 55.8 Å². The van der Waals surface area contributed by atoms with E-state index in [-0.39, 0.29) is 15.8 Å². The molecule has 6 nitrogen and oxygen atoms in total. The van der Waals surface area contributed by atoms with Gasteiger partial charge in [0, 0.05) is 46.9 Å². The molecule has 1 aliphatic heterocycles. The van der Waals surface area contributed by atoms with Crippen LogP contribution in [0.2, 0.25) is 0 Å². The second-order valence-corrected chi connectivity index (χ2v) is 7.21. The summed E-state index contributed by atoms with van der Waals surface area (Å²) in [6.07, 6.45) is 2.77. The van der Waals surface area contributed by atoms with Gasteiger partial charge in [0.05, 0.1) is 0 Å². The number of pyridine rings is 2. The van der Waals surface area contributed by atoms with E-state index in [9.17, 15) is 9.90 Å². The van der Waals surface area contributed by atoms with Crippen LogP contribution in [-0.4, -0.2) is 47.0 Å². The maximum Gasteiger partial charge on any atom is 0.213 e. The van der Waals surface area contributed by atoms with E-state index in [1.807, 2.05) is 31.2 Å². The number of hydrogen-bond acceptors (Lipinski definition) is 6. The summed E-state index contributed by atoms with van der Waals surface area (Å²) in [6.45, 7) is 5.53. The number of benzene rings is 1. The van der Waals surface area contributed by atoms with Crippen LogP contribution in [-0.2, 0) is 0 Å². The predicted molar refractivity (Wildman–Crippen MR) is 120 cm³/mol. The second kappa shape index (κ2) is 8.41. The zero-order valence-electron chi connectivity index (χ0n) is 16.4. The highest BCUT2D eigenvalue weighted by Crippen LogP contribution is 2.25. The Labute approximate surface area is 174 Å². The van der Waals surface area contributed by atoms with Crippen molar-refractivity contribution in [3.05, 3.63) is 71.7 Å². The van der Waals surface area contributed by atoms with E-state index in [4.69, 9.17) is 0 Å². The highest BCUT2D eigenvalue weighted by atomic mass is 16.3. The largest absolute Gasteiger partial charge is 0.508 e. The van der Waals surface area contributed by atoms with E-state index in [1.54, 1.807) is 30.5 Å². The van der Waals surface area contributed by atoms with Crippen molar-refractivity contribution in [3.63, 3.8) is 0 Å². The number of anilines is 1. The van der Waals surface area contributed by atoms with Crippen LogP contribution in [0.5, 0.6) is 5.75 Å². The molecule has 1 fully saturated rings. The molecular formula is C23H30N4O2. The topological polar surface area (TPSA) is 78.4 Å². The van der Waals surface area contributed by atoms with Crippen LogP contribution >= 0.6 is 0 Å². The number of hydrogen-bond donors (Lipinski definition) is 2. The van der Waals surface area contributed by atoms with Crippen molar-refractivity contribution in [1.82, 2.24) is 15.3 Å². The lowest BCUT2D eigenvalue weighted by Crippen LogP contribution is -2.29. The summed E-state index contributed by atoms with van der Waals surface area (Å²) in [5.74, 6) is 0.860. The van der Waals surface area contributed by atoms with Gasteiger partial charge in [0.25, 0.3) is 0 Å². The minimum atomic E-state index is -0.146. The number of phenolic OH excluding ortho intramolecular Hbond substituents is 1. The van der Waals surface area contributed by atoms with Gasteiger partial charge in [-0.25, -0.2) is 4.98 Å². The molecule has 2 aromatic heterocycles. The van der Waals surface area contributed by atoms with Crippen LogP contribution < -0.4 is 10.2 Å². The molecular weight excluding hydrogens is 364 g/mol. The number of aryl methyl sites for hydroxylation is 1. The first kappa shape index (κ1) is 19.1. The second-order valence-electron chi connectivity index (χ2n) is 7.21. The van der Waals surface area contributed by atoms with Crippen LogP contribution in [0.25, 0.3) is 11.1 Å². The highest BCUT2D eigenvalue weighted by Gasteiger charge is 2.18. The lowest BCUT2D eigenvalue weighted by molar-refractivity contribution is 0.103. The summed E-state index contributed by atoms with van der Waals surface area (Å²) in [5, 5.41) is 13.1. The summed E-state index contributed by atoms with van der Waals surface area (Å²) >= 11 is 0. The lowest BCUT2D eigenvalue weighted by Gasteiger charge is -2.21. The van der Waals surface area contributed by atoms with Crippen molar-refractivity contribution in [3.8, 4) is 16.9 Å². The number of nitrogens with zero attached hydrogens (tertiary/aromatic N) is 3. The van der Waals surface area contributed by atoms with Gasteiger partial charge in [0.1, 0.15) is 17.3 Å². The minimum absolute atomic E-state index is 0. The van der Waals surface area contributed by atoms with Crippen LogP contribution in [0.3, 0.4) is 0 Å². The molecule has 0 atom stereocenters. The monoisotopic (exact) mass is 394 g/mol. The minimum Gasteiger partial charge on any atom is -0.508 e. The zero-order valence-corrected chi connectivity index (χ0v) is 16.4. The predicted octanol–water partition coefficient (Wildman–Crippen LogP) is 3.93. The summed E-state index contributed by atoms with van der Waals surface area (Å²) in [4.78, 5) is 24.5. The Morgan fingerprint density at radius 2 is 1.97 bits per heavy atom. The van der Waals surface area contributed by atoms with Crippen molar-refractivity contribution in [2.45, 2.75) is 13.3 Å². The van der Waals surface area contributed by atoms with E-state index >= 15 is 0 Å². The number of carbonyl (C=O) groups is 1. The molecule has 0 saturated carbocycles. The number of aromatic nitrogens is 2. The first-order valence-electron chi connectivity index (χ1n) is 9.85. The average Bonchev–Trinajstić information content (AvgIpc) is 3.03. The summed E-state index contributed by atoms with van der Waals surface area (Å²) in [6, 6.07) is 14.3. The van der Waals surface area contributed by atoms with Gasteiger partial charge in [0.15, 0.2) is 0 Å². The van der Waals surface area contributed by atoms with Gasteiger partial charge < -0.3 is 15.3 Å². The molecule has 0 unspecified atom stereocenters. The van der Waals surface area contributed by atoms with Crippen LogP contribution in [0.1, 0.15) is 32.4 Å². The number of rotatable bonds is 4. The molecule has 1 saturated heterocycles. The standard InChI is InChI=1S/C23H24N4O2.3H2/c1-16-20(14-18(15-25-16)17-5-2-6-19(28)13-17)23(29)21-7-3-8-22(26-21)27-11-4-9-24-10-12-27;;;/h2-3,5-8,13-15,24,28H,4,9-12H2,1H3;3*1H. The number of carbonyl (C=O) groups excluding carboxylic acids is 1. The fourth-order valence-electron chi connectivity index (χ4n) is 3.54. The van der Waals surface area contributed by atoms with Crippen molar-refractivity contribution >= 4 is 11.6 Å². The van der Waals surface area contributed by atoms with Crippen molar-refractivity contribution in [2.24, 2.45) is 0 Å². The molecule has 4 rings (SSSR count). The third-order valence-corrected chi connectivity index (χ3v) is 5.14. The maximum absolute atomic E-state index is 13.2. The van der Waals surface area contributed by atoms with Gasteiger partial charge in [-0.15, -0.1) is 0 Å². The molecule has 2 N–H and O–H groups in total. The van der Waals surface area contributed by atoms with E-state index < -0.39 is 0 Å². The van der Waals surface area contributed by atoms with Crippen LogP contribution in [0.4, 0.5) is 5.82 Å². The first-order valence-corrected chi connectivity index (χ1v) is 9.85. The zero-order chi connectivity index (χ0) is 20.2. The van der Waals surface area contributed by atoms with Crippen molar-refractivity contribution in [2.75, 3.05) is 31.1 Å². The van der Waals surface area contributed by atoms with E-state index in [0.29, 0.717) is 17.0 Å². The third-order valence-electron chi connectivity index (χ3n) is 5.14. The normalized spacial score (nSPS) is 14.4. The molecule has 0 spiro atoms. The third kappa shape index (κ3) is 4.27. The molecule has 1 aromatic carbocycles. The quantitative estimate of drug-likeness (QED) is 0.653. The van der Waals surface area contributed by atoms with Gasteiger partial charge in [0.2, 0.25) is 5.78 Å². The Balaban J connectivity index is 0.00000171. The van der Waals surface area contributed by atoms with Gasteiger partial charge >= 0.3 is 0 Å². The SMILES string of the molecule is Cc1ncc(-c2cccc(O)c2)cc1C(=O)c1cccc(N2CCCNCC2)n1.[HH].[HH].[HH]. The van der Waals surface area contributed by atoms with Crippen LogP contribution in [0.15, 0.2) is 54.7 Å². The number of nitrogens with one attached hydrogen (secondary N) is 1. The van der Waals surface area contributed by atoms with Crippen LogP contribution in [0, 0.1) is 6.92 Å². The molecule has 3 aromatic rings. The lowest BCUT2D eigenvalue weighted by atomic mass is 10.0. The van der Waals surface area contributed by atoms with Gasteiger partial charge in [-0.1, -0.05) is 18.2 Å². The highest BCUT2D eigenvalue weighted by molar-refractivity contribution is 6.09. The van der Waals surface area contributed by atoms with Crippen molar-refractivity contribution < 1.29 is 14.2 Å². The summed E-state index contributed by atoms with van der Waals surface area (Å²) in [7, 11) is 0. The summed E-state index contributed by atoms with van der Waals surface area (Å²) in [5.41, 5.74) is 3.19. The van der Waals surface area contributed by atoms with E-state index in [1.165, 1.54) is 0 Å². The molecule has 29 heavy (non-hydrogen) atoms. The van der Waals surface area contributed by atoms with E-state index in [0.717, 1.165) is 49.5 Å². The Hall–Kier alpha value is -3.25. The van der Waals surface area contributed by atoms with Gasteiger partial charge in [-0.2, -0.15) is 0 Å². The summed E-state index contributed by atoms with van der Waals surface area (Å²) < 4.78 is 0. The Morgan fingerprint density at radius 3 is 2.83 bits per heavy atom. The molecule has 6 heteroatoms. The fourth-order valence-corrected chi connectivity index (χ4v) is 3.54. The molecule has 0 bridgehead atoms. The first-order chi connectivity index (χ1) is 14.1. The molecule has 3 heterocycles. The molecule has 154 valence electrons. The van der Waals surface area contributed by atoms with Crippen molar-refractivity contribution in [1.29, 1.82) is 0 Å². The Kier molecular flexibility index (Phi) is 5.53.